The third kappa shape index (κ3) is 3.37. The van der Waals surface area contributed by atoms with Gasteiger partial charge in [-0.05, 0) is 52.4 Å². The summed E-state index contributed by atoms with van der Waals surface area (Å²) < 4.78 is 1.60. The van der Waals surface area contributed by atoms with Crippen LogP contribution in [0, 0.1) is 5.92 Å². The van der Waals surface area contributed by atoms with Crippen LogP contribution in [-0.4, -0.2) is 49.4 Å². The molecule has 2 aromatic rings. The average molecular weight is 412 g/mol. The van der Waals surface area contributed by atoms with Crippen LogP contribution < -0.4 is 5.56 Å². The molecule has 162 valence electrons. The van der Waals surface area contributed by atoms with Gasteiger partial charge in [-0.25, -0.2) is 9.50 Å². The van der Waals surface area contributed by atoms with Crippen molar-refractivity contribution in [3.63, 3.8) is 0 Å². The number of aromatic amines is 1. The number of carbonyl (C=O) groups is 1. The number of nitrogens with zero attached hydrogens (tertiary/aromatic N) is 4. The minimum atomic E-state index is 0.0223. The highest BCUT2D eigenvalue weighted by atomic mass is 16.2. The Balaban J connectivity index is 1.49. The van der Waals surface area contributed by atoms with Gasteiger partial charge in [-0.1, -0.05) is 12.8 Å². The van der Waals surface area contributed by atoms with Gasteiger partial charge in [0, 0.05) is 43.2 Å². The number of rotatable bonds is 3. The zero-order chi connectivity index (χ0) is 20.8. The van der Waals surface area contributed by atoms with E-state index in [0.29, 0.717) is 17.6 Å². The molecule has 1 atom stereocenters. The lowest BCUT2D eigenvalue weighted by Crippen LogP contribution is -2.41. The van der Waals surface area contributed by atoms with Crippen molar-refractivity contribution in [1.82, 2.24) is 24.4 Å². The number of H-pyrrole nitrogens is 1. The fourth-order valence-corrected chi connectivity index (χ4v) is 5.57. The van der Waals surface area contributed by atoms with E-state index in [1.54, 1.807) is 4.52 Å². The SMILES string of the molecule is CC(C)N1CCc2c(nc3cc([C@H]4CCCCN4C(=O)C4CCCC4)[nH]n3c2=O)C1. The fourth-order valence-electron chi connectivity index (χ4n) is 5.57. The maximum Gasteiger partial charge on any atom is 0.276 e. The lowest BCUT2D eigenvalue weighted by molar-refractivity contribution is -0.139. The molecule has 3 aliphatic rings. The first kappa shape index (κ1) is 19.8. The van der Waals surface area contributed by atoms with Gasteiger partial charge in [0.1, 0.15) is 0 Å². The zero-order valence-corrected chi connectivity index (χ0v) is 18.2. The quantitative estimate of drug-likeness (QED) is 0.843. The average Bonchev–Trinajstić information content (AvgIpc) is 3.43. The van der Waals surface area contributed by atoms with Crippen molar-refractivity contribution in [2.75, 3.05) is 13.1 Å². The van der Waals surface area contributed by atoms with E-state index in [9.17, 15) is 9.59 Å². The van der Waals surface area contributed by atoms with Crippen LogP contribution in [0.15, 0.2) is 10.9 Å². The second-order valence-corrected chi connectivity index (χ2v) is 9.59. The van der Waals surface area contributed by atoms with Crippen LogP contribution in [0.1, 0.15) is 81.8 Å². The van der Waals surface area contributed by atoms with Gasteiger partial charge in [-0.15, -0.1) is 0 Å². The summed E-state index contributed by atoms with van der Waals surface area (Å²) in [7, 11) is 0. The molecule has 2 aliphatic heterocycles. The van der Waals surface area contributed by atoms with Crippen molar-refractivity contribution >= 4 is 11.6 Å². The maximum absolute atomic E-state index is 13.2. The van der Waals surface area contributed by atoms with Gasteiger partial charge in [-0.2, -0.15) is 0 Å². The standard InChI is InChI=1S/C23H33N5O2/c1-15(2)26-12-10-17-19(14-26)24-21-13-18(25-28(21)23(17)30)20-9-5-6-11-27(20)22(29)16-7-3-4-8-16/h13,15-16,20,25H,3-12,14H2,1-2H3/t20-/m1/s1. The first-order valence-corrected chi connectivity index (χ1v) is 11.7. The second kappa shape index (κ2) is 7.84. The fraction of sp³-hybridized carbons (Fsp3) is 0.696. The van der Waals surface area contributed by atoms with Gasteiger partial charge in [0.15, 0.2) is 5.65 Å². The first-order valence-electron chi connectivity index (χ1n) is 11.7. The van der Waals surface area contributed by atoms with Gasteiger partial charge in [0.2, 0.25) is 5.91 Å². The predicted molar refractivity (Wildman–Crippen MR) is 115 cm³/mol. The van der Waals surface area contributed by atoms with Crippen LogP contribution in [0.5, 0.6) is 0 Å². The van der Waals surface area contributed by atoms with Crippen LogP contribution in [0.3, 0.4) is 0 Å². The van der Waals surface area contributed by atoms with Crippen molar-refractivity contribution < 1.29 is 4.79 Å². The third-order valence-corrected chi connectivity index (χ3v) is 7.40. The molecule has 4 heterocycles. The number of hydrogen-bond donors (Lipinski definition) is 1. The number of piperidine rings is 1. The van der Waals surface area contributed by atoms with Crippen LogP contribution in [0.2, 0.25) is 0 Å². The van der Waals surface area contributed by atoms with E-state index in [2.05, 4.69) is 28.7 Å². The topological polar surface area (TPSA) is 73.7 Å². The minimum Gasteiger partial charge on any atom is -0.334 e. The summed E-state index contributed by atoms with van der Waals surface area (Å²) >= 11 is 0. The second-order valence-electron chi connectivity index (χ2n) is 9.59. The molecule has 7 nitrogen and oxygen atoms in total. The van der Waals surface area contributed by atoms with Crippen molar-refractivity contribution in [1.29, 1.82) is 0 Å². The van der Waals surface area contributed by atoms with E-state index in [0.717, 1.165) is 75.1 Å². The molecule has 0 aromatic carbocycles. The molecule has 1 amide bonds. The molecular formula is C23H33N5O2. The lowest BCUT2D eigenvalue weighted by atomic mass is 9.96. The summed E-state index contributed by atoms with van der Waals surface area (Å²) in [6, 6.07) is 2.47. The molecular weight excluding hydrogens is 378 g/mol. The predicted octanol–water partition coefficient (Wildman–Crippen LogP) is 3.03. The van der Waals surface area contributed by atoms with Gasteiger partial charge >= 0.3 is 0 Å². The Kier molecular flexibility index (Phi) is 5.17. The van der Waals surface area contributed by atoms with Crippen molar-refractivity contribution in [2.24, 2.45) is 5.92 Å². The highest BCUT2D eigenvalue weighted by Gasteiger charge is 2.35. The Morgan fingerprint density at radius 3 is 2.67 bits per heavy atom. The molecule has 0 unspecified atom stereocenters. The summed E-state index contributed by atoms with van der Waals surface area (Å²) in [5.74, 6) is 0.494. The Morgan fingerprint density at radius 2 is 1.90 bits per heavy atom. The number of fused-ring (bicyclic) bond motifs is 2. The molecule has 5 rings (SSSR count). The third-order valence-electron chi connectivity index (χ3n) is 7.40. The van der Waals surface area contributed by atoms with E-state index in [-0.39, 0.29) is 17.5 Å². The summed E-state index contributed by atoms with van der Waals surface area (Å²) in [6.45, 7) is 6.81. The Hall–Kier alpha value is -2.15. The number of aromatic nitrogens is 3. The van der Waals surface area contributed by atoms with Gasteiger partial charge in [-0.3, -0.25) is 19.6 Å². The number of hydrogen-bond acceptors (Lipinski definition) is 4. The summed E-state index contributed by atoms with van der Waals surface area (Å²) in [5.41, 5.74) is 3.40. The van der Waals surface area contributed by atoms with Crippen LogP contribution >= 0.6 is 0 Å². The zero-order valence-electron chi connectivity index (χ0n) is 18.2. The van der Waals surface area contributed by atoms with E-state index in [4.69, 9.17) is 4.98 Å². The van der Waals surface area contributed by atoms with Gasteiger partial charge in [0.05, 0.1) is 17.4 Å². The number of amides is 1. The molecule has 1 N–H and O–H groups in total. The molecule has 30 heavy (non-hydrogen) atoms. The molecule has 2 aromatic heterocycles. The van der Waals surface area contributed by atoms with Crippen molar-refractivity contribution in [2.45, 2.75) is 83.8 Å². The van der Waals surface area contributed by atoms with Crippen LogP contribution in [0.4, 0.5) is 0 Å². The van der Waals surface area contributed by atoms with Crippen molar-refractivity contribution in [3.05, 3.63) is 33.4 Å². The number of nitrogens with one attached hydrogen (secondary N) is 1. The smallest absolute Gasteiger partial charge is 0.276 e. The highest BCUT2D eigenvalue weighted by Crippen LogP contribution is 2.35. The summed E-state index contributed by atoms with van der Waals surface area (Å²) in [6.07, 6.45) is 8.24. The largest absolute Gasteiger partial charge is 0.334 e. The minimum absolute atomic E-state index is 0.0223. The van der Waals surface area contributed by atoms with Crippen LogP contribution in [0.25, 0.3) is 5.65 Å². The van der Waals surface area contributed by atoms with Crippen molar-refractivity contribution in [3.8, 4) is 0 Å². The molecule has 7 heteroatoms. The normalized spacial score (nSPS) is 23.4. The van der Waals surface area contributed by atoms with Gasteiger partial charge < -0.3 is 4.90 Å². The van der Waals surface area contributed by atoms with E-state index >= 15 is 0 Å². The molecule has 1 aliphatic carbocycles. The Bertz CT molecular complexity index is 1000. The molecule has 0 bridgehead atoms. The number of carbonyl (C=O) groups excluding carboxylic acids is 1. The summed E-state index contributed by atoms with van der Waals surface area (Å²) in [5, 5.41) is 3.33. The molecule has 0 spiro atoms. The Morgan fingerprint density at radius 1 is 1.13 bits per heavy atom. The monoisotopic (exact) mass is 411 g/mol. The molecule has 1 saturated heterocycles. The van der Waals surface area contributed by atoms with E-state index < -0.39 is 0 Å². The first-order chi connectivity index (χ1) is 14.5. The Labute approximate surface area is 177 Å². The lowest BCUT2D eigenvalue weighted by Gasteiger charge is -2.36. The summed E-state index contributed by atoms with van der Waals surface area (Å²) in [4.78, 5) is 35.7. The number of likely N-dealkylation sites (tertiary alicyclic amines) is 1. The van der Waals surface area contributed by atoms with Crippen LogP contribution in [-0.2, 0) is 17.8 Å². The van der Waals surface area contributed by atoms with E-state index in [1.165, 1.54) is 12.8 Å². The molecule has 2 fully saturated rings. The molecule has 1 saturated carbocycles. The van der Waals surface area contributed by atoms with Gasteiger partial charge in [0.25, 0.3) is 5.56 Å². The maximum atomic E-state index is 13.2. The molecule has 0 radical (unpaired) electrons. The highest BCUT2D eigenvalue weighted by molar-refractivity contribution is 5.79. The van der Waals surface area contributed by atoms with E-state index in [1.807, 2.05) is 6.07 Å².